The standard InChI is InChI=1S/C14H19NO4/c1-3-12(15-10(2)13(16)17)14(18)19-9-11-7-5-4-6-8-11/h4-8,10,12,15H,3,9H2,1-2H3,(H,16,17). The number of carbonyl (C=O) groups excluding carboxylic acids is 1. The number of aliphatic carboxylic acids is 1. The van der Waals surface area contributed by atoms with E-state index in [1.807, 2.05) is 30.3 Å². The van der Waals surface area contributed by atoms with Crippen LogP contribution in [0.25, 0.3) is 0 Å². The van der Waals surface area contributed by atoms with E-state index in [0.717, 1.165) is 5.56 Å². The molecule has 0 aromatic heterocycles. The van der Waals surface area contributed by atoms with Crippen LogP contribution in [-0.4, -0.2) is 29.1 Å². The van der Waals surface area contributed by atoms with Crippen LogP contribution in [0.3, 0.4) is 0 Å². The maximum Gasteiger partial charge on any atom is 0.323 e. The van der Waals surface area contributed by atoms with Crippen LogP contribution in [0.2, 0.25) is 0 Å². The summed E-state index contributed by atoms with van der Waals surface area (Å²) < 4.78 is 5.17. The van der Waals surface area contributed by atoms with Gasteiger partial charge < -0.3 is 9.84 Å². The molecule has 2 unspecified atom stereocenters. The van der Waals surface area contributed by atoms with Crippen molar-refractivity contribution in [3.63, 3.8) is 0 Å². The average molecular weight is 265 g/mol. The number of carboxylic acid groups (broad SMARTS) is 1. The van der Waals surface area contributed by atoms with Crippen LogP contribution in [0.5, 0.6) is 0 Å². The van der Waals surface area contributed by atoms with Crippen molar-refractivity contribution in [2.75, 3.05) is 0 Å². The zero-order chi connectivity index (χ0) is 14.3. The normalized spacial score (nSPS) is 13.6. The van der Waals surface area contributed by atoms with Crippen LogP contribution in [0.4, 0.5) is 0 Å². The molecular formula is C14H19NO4. The lowest BCUT2D eigenvalue weighted by Crippen LogP contribution is -2.45. The summed E-state index contributed by atoms with van der Waals surface area (Å²) >= 11 is 0. The van der Waals surface area contributed by atoms with Gasteiger partial charge in [-0.25, -0.2) is 0 Å². The van der Waals surface area contributed by atoms with Crippen LogP contribution in [0.15, 0.2) is 30.3 Å². The number of nitrogens with one attached hydrogen (secondary N) is 1. The van der Waals surface area contributed by atoms with E-state index in [4.69, 9.17) is 9.84 Å². The Labute approximate surface area is 112 Å². The van der Waals surface area contributed by atoms with Crippen LogP contribution in [0, 0.1) is 0 Å². The topological polar surface area (TPSA) is 75.6 Å². The molecule has 0 aliphatic heterocycles. The summed E-state index contributed by atoms with van der Waals surface area (Å²) in [5.74, 6) is -1.42. The Kier molecular flexibility index (Phi) is 6.02. The minimum absolute atomic E-state index is 0.194. The first-order chi connectivity index (χ1) is 9.04. The summed E-state index contributed by atoms with van der Waals surface area (Å²) in [7, 11) is 0. The molecule has 0 aliphatic rings. The third-order valence-electron chi connectivity index (χ3n) is 2.74. The van der Waals surface area contributed by atoms with Crippen molar-refractivity contribution in [2.45, 2.75) is 39.0 Å². The molecule has 1 aromatic carbocycles. The zero-order valence-electron chi connectivity index (χ0n) is 11.1. The average Bonchev–Trinajstić information content (AvgIpc) is 2.42. The molecule has 5 heteroatoms. The summed E-state index contributed by atoms with van der Waals surface area (Å²) in [4.78, 5) is 22.6. The van der Waals surface area contributed by atoms with Gasteiger partial charge in [0.25, 0.3) is 0 Å². The first kappa shape index (κ1) is 15.2. The number of carboxylic acids is 1. The molecular weight excluding hydrogens is 246 g/mol. The molecule has 0 aliphatic carbocycles. The molecule has 0 bridgehead atoms. The molecule has 2 atom stereocenters. The second kappa shape index (κ2) is 7.53. The summed E-state index contributed by atoms with van der Waals surface area (Å²) in [5.41, 5.74) is 0.900. The van der Waals surface area contributed by atoms with Gasteiger partial charge in [0, 0.05) is 0 Å². The summed E-state index contributed by atoms with van der Waals surface area (Å²) in [6, 6.07) is 7.96. The third kappa shape index (κ3) is 5.09. The van der Waals surface area contributed by atoms with E-state index in [0.29, 0.717) is 6.42 Å². The van der Waals surface area contributed by atoms with Gasteiger partial charge in [-0.05, 0) is 18.9 Å². The maximum atomic E-state index is 11.8. The molecule has 1 aromatic rings. The quantitative estimate of drug-likeness (QED) is 0.732. The van der Waals surface area contributed by atoms with Crippen molar-refractivity contribution >= 4 is 11.9 Å². The van der Waals surface area contributed by atoms with E-state index >= 15 is 0 Å². The lowest BCUT2D eigenvalue weighted by atomic mass is 10.2. The highest BCUT2D eigenvalue weighted by Crippen LogP contribution is 2.04. The Morgan fingerprint density at radius 3 is 2.47 bits per heavy atom. The van der Waals surface area contributed by atoms with Gasteiger partial charge in [-0.3, -0.25) is 14.9 Å². The van der Waals surface area contributed by atoms with E-state index in [2.05, 4.69) is 5.32 Å². The van der Waals surface area contributed by atoms with Crippen LogP contribution in [0.1, 0.15) is 25.8 Å². The van der Waals surface area contributed by atoms with Gasteiger partial charge in [0.15, 0.2) is 0 Å². The van der Waals surface area contributed by atoms with Crippen LogP contribution in [-0.2, 0) is 20.9 Å². The number of rotatable bonds is 7. The van der Waals surface area contributed by atoms with Crippen molar-refractivity contribution in [1.29, 1.82) is 0 Å². The van der Waals surface area contributed by atoms with Gasteiger partial charge in [0.05, 0.1) is 0 Å². The van der Waals surface area contributed by atoms with Gasteiger partial charge in [0.1, 0.15) is 18.7 Å². The zero-order valence-corrected chi connectivity index (χ0v) is 11.1. The Bertz CT molecular complexity index is 419. The Morgan fingerprint density at radius 2 is 1.95 bits per heavy atom. The molecule has 0 saturated heterocycles. The molecule has 1 rings (SSSR count). The van der Waals surface area contributed by atoms with Gasteiger partial charge in [-0.1, -0.05) is 37.3 Å². The molecule has 0 amide bonds. The summed E-state index contributed by atoms with van der Waals surface area (Å²) in [5, 5.41) is 11.5. The molecule has 5 nitrogen and oxygen atoms in total. The number of esters is 1. The summed E-state index contributed by atoms with van der Waals surface area (Å²) in [6.45, 7) is 3.49. The van der Waals surface area contributed by atoms with E-state index in [-0.39, 0.29) is 6.61 Å². The fraction of sp³-hybridized carbons (Fsp3) is 0.429. The number of carbonyl (C=O) groups is 2. The van der Waals surface area contributed by atoms with Gasteiger partial charge >= 0.3 is 11.9 Å². The first-order valence-corrected chi connectivity index (χ1v) is 6.24. The van der Waals surface area contributed by atoms with Crippen LogP contribution < -0.4 is 5.32 Å². The molecule has 19 heavy (non-hydrogen) atoms. The van der Waals surface area contributed by atoms with Crippen LogP contribution >= 0.6 is 0 Å². The third-order valence-corrected chi connectivity index (χ3v) is 2.74. The van der Waals surface area contributed by atoms with Gasteiger partial charge in [-0.2, -0.15) is 0 Å². The van der Waals surface area contributed by atoms with Crippen molar-refractivity contribution in [3.8, 4) is 0 Å². The first-order valence-electron chi connectivity index (χ1n) is 6.24. The smallest absolute Gasteiger partial charge is 0.323 e. The minimum Gasteiger partial charge on any atom is -0.480 e. The maximum absolute atomic E-state index is 11.8. The Balaban J connectivity index is 2.48. The lowest BCUT2D eigenvalue weighted by Gasteiger charge is -2.18. The molecule has 0 radical (unpaired) electrons. The van der Waals surface area contributed by atoms with Crippen molar-refractivity contribution in [3.05, 3.63) is 35.9 Å². The molecule has 0 saturated carbocycles. The van der Waals surface area contributed by atoms with Crippen molar-refractivity contribution in [2.24, 2.45) is 0 Å². The Morgan fingerprint density at radius 1 is 1.32 bits per heavy atom. The second-order valence-electron chi connectivity index (χ2n) is 4.28. The van der Waals surface area contributed by atoms with Gasteiger partial charge in [0.2, 0.25) is 0 Å². The largest absolute Gasteiger partial charge is 0.480 e. The van der Waals surface area contributed by atoms with E-state index in [9.17, 15) is 9.59 Å². The molecule has 0 heterocycles. The number of hydrogen-bond acceptors (Lipinski definition) is 4. The van der Waals surface area contributed by atoms with Crippen molar-refractivity contribution < 1.29 is 19.4 Å². The highest BCUT2D eigenvalue weighted by molar-refractivity contribution is 5.78. The molecule has 2 N–H and O–H groups in total. The summed E-state index contributed by atoms with van der Waals surface area (Å²) in [6.07, 6.45) is 0.477. The lowest BCUT2D eigenvalue weighted by molar-refractivity contribution is -0.148. The second-order valence-corrected chi connectivity index (χ2v) is 4.28. The highest BCUT2D eigenvalue weighted by Gasteiger charge is 2.22. The Hall–Kier alpha value is -1.88. The number of benzene rings is 1. The number of ether oxygens (including phenoxy) is 1. The fourth-order valence-corrected chi connectivity index (χ4v) is 1.55. The molecule has 0 spiro atoms. The fourth-order valence-electron chi connectivity index (χ4n) is 1.55. The van der Waals surface area contributed by atoms with Gasteiger partial charge in [-0.15, -0.1) is 0 Å². The van der Waals surface area contributed by atoms with Crippen molar-refractivity contribution in [1.82, 2.24) is 5.32 Å². The molecule has 0 fully saturated rings. The van der Waals surface area contributed by atoms with E-state index in [1.165, 1.54) is 6.92 Å². The minimum atomic E-state index is -0.991. The SMILES string of the molecule is CCC(NC(C)C(=O)O)C(=O)OCc1ccccc1. The number of hydrogen-bond donors (Lipinski definition) is 2. The molecule has 104 valence electrons. The highest BCUT2D eigenvalue weighted by atomic mass is 16.5. The monoisotopic (exact) mass is 265 g/mol. The van der Waals surface area contributed by atoms with E-state index < -0.39 is 24.0 Å². The van der Waals surface area contributed by atoms with E-state index in [1.54, 1.807) is 6.92 Å². The predicted octanol–water partition coefficient (Wildman–Crippen LogP) is 1.57. The predicted molar refractivity (Wildman–Crippen MR) is 70.6 cm³/mol.